The molecule has 0 heterocycles. The fourth-order valence-corrected chi connectivity index (χ4v) is 6.32. The van der Waals surface area contributed by atoms with Crippen molar-refractivity contribution in [1.29, 1.82) is 0 Å². The Kier molecular flexibility index (Phi) is 10.3. The third-order valence-corrected chi connectivity index (χ3v) is 8.04. The first-order valence-corrected chi connectivity index (χ1v) is 14.7. The summed E-state index contributed by atoms with van der Waals surface area (Å²) in [6, 6.07) is 13.1. The third kappa shape index (κ3) is 7.99. The first-order chi connectivity index (χ1) is 17.0. The lowest BCUT2D eigenvalue weighted by molar-refractivity contribution is 0.382. The number of aromatic hydroxyl groups is 1. The molecule has 0 aliphatic heterocycles. The van der Waals surface area contributed by atoms with E-state index in [4.69, 9.17) is 0 Å². The monoisotopic (exact) mass is 488 g/mol. The van der Waals surface area contributed by atoms with Crippen molar-refractivity contribution in [3.8, 4) is 16.9 Å². The van der Waals surface area contributed by atoms with Crippen LogP contribution in [0.15, 0.2) is 48.6 Å². The molecule has 0 radical (unpaired) electrons. The lowest BCUT2D eigenvalue weighted by Gasteiger charge is -2.27. The molecular formula is C35H52O. The van der Waals surface area contributed by atoms with Gasteiger partial charge in [0.05, 0.1) is 0 Å². The molecule has 3 atom stereocenters. The summed E-state index contributed by atoms with van der Waals surface area (Å²) in [5.41, 5.74) is 6.82. The largest absolute Gasteiger partial charge is 0.508 e. The van der Waals surface area contributed by atoms with Crippen molar-refractivity contribution < 1.29 is 5.11 Å². The Balaban J connectivity index is 2.00. The van der Waals surface area contributed by atoms with E-state index in [0.29, 0.717) is 35.3 Å². The molecular weight excluding hydrogens is 436 g/mol. The lowest BCUT2D eigenvalue weighted by atomic mass is 9.78. The molecule has 2 aromatic rings. The Bertz CT molecular complexity index is 986. The number of hydrogen-bond acceptors (Lipinski definition) is 1. The third-order valence-electron chi connectivity index (χ3n) is 8.04. The van der Waals surface area contributed by atoms with Gasteiger partial charge in [-0.05, 0) is 120 Å². The maximum absolute atomic E-state index is 10.3. The van der Waals surface area contributed by atoms with Gasteiger partial charge in [0.25, 0.3) is 0 Å². The normalized spacial score (nSPS) is 19.1. The molecule has 1 heteroatoms. The zero-order chi connectivity index (χ0) is 26.4. The van der Waals surface area contributed by atoms with Crippen LogP contribution in [0.2, 0.25) is 0 Å². The molecule has 0 bridgehead atoms. The van der Waals surface area contributed by atoms with E-state index in [-0.39, 0.29) is 0 Å². The highest BCUT2D eigenvalue weighted by Crippen LogP contribution is 2.39. The van der Waals surface area contributed by atoms with Gasteiger partial charge in [0.15, 0.2) is 0 Å². The molecule has 0 fully saturated rings. The van der Waals surface area contributed by atoms with Gasteiger partial charge in [-0.3, -0.25) is 0 Å². The summed E-state index contributed by atoms with van der Waals surface area (Å²) >= 11 is 0. The van der Waals surface area contributed by atoms with Gasteiger partial charge < -0.3 is 5.11 Å². The van der Waals surface area contributed by atoms with Gasteiger partial charge >= 0.3 is 0 Å². The van der Waals surface area contributed by atoms with Crippen LogP contribution in [0.1, 0.15) is 116 Å². The van der Waals surface area contributed by atoms with Gasteiger partial charge in [-0.1, -0.05) is 91.8 Å². The maximum Gasteiger partial charge on any atom is 0.116 e. The predicted octanol–water partition coefficient (Wildman–Crippen LogP) is 10.5. The quantitative estimate of drug-likeness (QED) is 0.312. The van der Waals surface area contributed by atoms with E-state index in [9.17, 15) is 5.11 Å². The Labute approximate surface area is 222 Å². The Morgan fingerprint density at radius 1 is 0.806 bits per heavy atom. The van der Waals surface area contributed by atoms with E-state index in [1.54, 1.807) is 5.56 Å². The zero-order valence-electron chi connectivity index (χ0n) is 24.4. The second kappa shape index (κ2) is 13.0. The molecule has 0 saturated heterocycles. The van der Waals surface area contributed by atoms with E-state index < -0.39 is 0 Å². The number of allylic oxidation sites excluding steroid dienone is 2. The average molecular weight is 489 g/mol. The molecule has 3 rings (SSSR count). The topological polar surface area (TPSA) is 20.2 Å². The van der Waals surface area contributed by atoms with Crippen LogP contribution in [0.3, 0.4) is 0 Å². The number of benzene rings is 2. The van der Waals surface area contributed by atoms with Crippen LogP contribution in [-0.4, -0.2) is 5.11 Å². The van der Waals surface area contributed by atoms with Crippen molar-refractivity contribution in [2.45, 2.75) is 106 Å². The van der Waals surface area contributed by atoms with Crippen molar-refractivity contribution in [2.24, 2.45) is 29.6 Å². The molecule has 2 unspecified atom stereocenters. The number of hydrogen-bond donors (Lipinski definition) is 1. The number of rotatable bonds is 11. The van der Waals surface area contributed by atoms with Crippen LogP contribution >= 0.6 is 0 Å². The van der Waals surface area contributed by atoms with E-state index >= 15 is 0 Å². The minimum atomic E-state index is 0.351. The van der Waals surface area contributed by atoms with Crippen LogP contribution in [0.25, 0.3) is 11.1 Å². The molecule has 0 amide bonds. The molecule has 0 saturated carbocycles. The Morgan fingerprint density at radius 3 is 2.06 bits per heavy atom. The van der Waals surface area contributed by atoms with Crippen LogP contribution in [-0.2, 0) is 6.42 Å². The second-order valence-electron chi connectivity index (χ2n) is 13.0. The Morgan fingerprint density at radius 2 is 1.47 bits per heavy atom. The van der Waals surface area contributed by atoms with Crippen LogP contribution in [0.4, 0.5) is 0 Å². The van der Waals surface area contributed by atoms with E-state index in [0.717, 1.165) is 18.3 Å². The lowest BCUT2D eigenvalue weighted by Crippen LogP contribution is -2.14. The fourth-order valence-electron chi connectivity index (χ4n) is 6.32. The molecule has 1 aliphatic rings. The van der Waals surface area contributed by atoms with Gasteiger partial charge in [0.1, 0.15) is 5.75 Å². The molecule has 198 valence electrons. The maximum atomic E-state index is 10.3. The first-order valence-electron chi connectivity index (χ1n) is 14.7. The van der Waals surface area contributed by atoms with Gasteiger partial charge in [-0.2, -0.15) is 0 Å². The minimum absolute atomic E-state index is 0.351. The van der Waals surface area contributed by atoms with Gasteiger partial charge in [-0.15, -0.1) is 0 Å². The Hall–Kier alpha value is -2.02. The molecule has 0 spiro atoms. The molecule has 2 aromatic carbocycles. The second-order valence-corrected chi connectivity index (χ2v) is 13.0. The van der Waals surface area contributed by atoms with Crippen molar-refractivity contribution in [1.82, 2.24) is 0 Å². The highest BCUT2D eigenvalue weighted by molar-refractivity contribution is 5.71. The van der Waals surface area contributed by atoms with Crippen molar-refractivity contribution in [2.75, 3.05) is 0 Å². The van der Waals surface area contributed by atoms with Crippen molar-refractivity contribution >= 4 is 0 Å². The molecule has 1 nitrogen and oxygen atoms in total. The zero-order valence-corrected chi connectivity index (χ0v) is 24.4. The van der Waals surface area contributed by atoms with E-state index in [1.807, 2.05) is 12.1 Å². The standard InChI is InChI=1S/C35H52O/c1-23(2)17-30(18-24(3)4)34-15-13-29(35-22-32(36)14-16-33(35)25(5)6)21-31(34)20-27(8)19-28-11-9-26(7)10-12-28/h9,11,13-16,21-28,30,36H,10,12,17-20H2,1-8H3/t26-,27?,28?/m1/s1. The van der Waals surface area contributed by atoms with Crippen LogP contribution < -0.4 is 0 Å². The predicted molar refractivity (Wildman–Crippen MR) is 158 cm³/mol. The molecule has 0 aromatic heterocycles. The highest BCUT2D eigenvalue weighted by Gasteiger charge is 2.22. The summed E-state index contributed by atoms with van der Waals surface area (Å²) in [5, 5.41) is 10.3. The summed E-state index contributed by atoms with van der Waals surface area (Å²) in [5.74, 6) is 4.86. The summed E-state index contributed by atoms with van der Waals surface area (Å²) in [6.45, 7) is 18.7. The first kappa shape index (κ1) is 28.5. The summed E-state index contributed by atoms with van der Waals surface area (Å²) < 4.78 is 0. The van der Waals surface area contributed by atoms with E-state index in [2.05, 4.69) is 91.8 Å². The van der Waals surface area contributed by atoms with Crippen molar-refractivity contribution in [3.05, 3.63) is 65.2 Å². The summed E-state index contributed by atoms with van der Waals surface area (Å²) in [6.07, 6.45) is 12.5. The summed E-state index contributed by atoms with van der Waals surface area (Å²) in [7, 11) is 0. The molecule has 36 heavy (non-hydrogen) atoms. The van der Waals surface area contributed by atoms with Gasteiger partial charge in [-0.25, -0.2) is 0 Å². The average Bonchev–Trinajstić information content (AvgIpc) is 2.79. The number of phenols is 1. The SMILES string of the molecule is CC(C)CC(CC(C)C)c1ccc(-c2cc(O)ccc2C(C)C)cc1CC(C)CC1C=C[C@@H](C)CC1. The van der Waals surface area contributed by atoms with Gasteiger partial charge in [0, 0.05) is 0 Å². The smallest absolute Gasteiger partial charge is 0.116 e. The fraction of sp³-hybridized carbons (Fsp3) is 0.600. The molecule has 1 N–H and O–H groups in total. The minimum Gasteiger partial charge on any atom is -0.508 e. The van der Waals surface area contributed by atoms with Gasteiger partial charge in [0.2, 0.25) is 0 Å². The van der Waals surface area contributed by atoms with Crippen molar-refractivity contribution in [3.63, 3.8) is 0 Å². The summed E-state index contributed by atoms with van der Waals surface area (Å²) in [4.78, 5) is 0. The highest BCUT2D eigenvalue weighted by atomic mass is 16.3. The molecule has 1 aliphatic carbocycles. The van der Waals surface area contributed by atoms with Crippen LogP contribution in [0.5, 0.6) is 5.75 Å². The van der Waals surface area contributed by atoms with E-state index in [1.165, 1.54) is 54.4 Å². The van der Waals surface area contributed by atoms with Crippen LogP contribution in [0, 0.1) is 29.6 Å². The number of phenolic OH excluding ortho intramolecular Hbond substituents is 1.